The first kappa shape index (κ1) is 25.5. The van der Waals surface area contributed by atoms with Crippen LogP contribution >= 0.6 is 34.5 Å². The number of terminal acetylenes is 1. The van der Waals surface area contributed by atoms with Crippen molar-refractivity contribution in [1.29, 1.82) is 0 Å². The number of amides is 1. The fraction of sp³-hybridized carbons (Fsp3) is 0.304. The van der Waals surface area contributed by atoms with Gasteiger partial charge in [0.25, 0.3) is 5.91 Å². The van der Waals surface area contributed by atoms with E-state index in [-0.39, 0.29) is 17.0 Å². The second kappa shape index (κ2) is 10.9. The molecule has 0 spiro atoms. The van der Waals surface area contributed by atoms with Crippen molar-refractivity contribution >= 4 is 60.7 Å². The van der Waals surface area contributed by atoms with Gasteiger partial charge in [-0.2, -0.15) is 9.30 Å². The van der Waals surface area contributed by atoms with Crippen molar-refractivity contribution in [3.05, 3.63) is 56.8 Å². The minimum absolute atomic E-state index is 0.141. The molecule has 10 heteroatoms. The van der Waals surface area contributed by atoms with E-state index >= 15 is 0 Å². The van der Waals surface area contributed by atoms with Gasteiger partial charge in [-0.25, -0.2) is 8.42 Å². The maximum atomic E-state index is 12.9. The van der Waals surface area contributed by atoms with Crippen LogP contribution in [0, 0.1) is 12.3 Å². The molecular weight excluding hydrogens is 501 g/mol. The van der Waals surface area contributed by atoms with Gasteiger partial charge in [-0.05, 0) is 42.8 Å². The van der Waals surface area contributed by atoms with Crippen LogP contribution in [0.3, 0.4) is 0 Å². The van der Waals surface area contributed by atoms with Crippen molar-refractivity contribution < 1.29 is 13.2 Å². The molecule has 0 saturated carbocycles. The molecule has 0 unspecified atom stereocenters. The summed E-state index contributed by atoms with van der Waals surface area (Å²) in [5.74, 6) is 2.03. The Morgan fingerprint density at radius 1 is 1.18 bits per heavy atom. The summed E-state index contributed by atoms with van der Waals surface area (Å²) >= 11 is 13.8. The molecule has 1 aromatic heterocycles. The van der Waals surface area contributed by atoms with Crippen molar-refractivity contribution in [2.45, 2.75) is 38.1 Å². The van der Waals surface area contributed by atoms with Gasteiger partial charge >= 0.3 is 0 Å². The Kier molecular flexibility index (Phi) is 8.38. The first-order valence-electron chi connectivity index (χ1n) is 10.3. The summed E-state index contributed by atoms with van der Waals surface area (Å²) in [6, 6.07) is 9.27. The molecule has 0 aliphatic heterocycles. The lowest BCUT2D eigenvalue weighted by Crippen LogP contribution is -2.31. The summed E-state index contributed by atoms with van der Waals surface area (Å²) in [5.41, 5.74) is 0.881. The van der Waals surface area contributed by atoms with E-state index < -0.39 is 15.9 Å². The average Bonchev–Trinajstić information content (AvgIpc) is 3.14. The molecule has 0 saturated heterocycles. The summed E-state index contributed by atoms with van der Waals surface area (Å²) in [6.45, 7) is 4.82. The van der Waals surface area contributed by atoms with Gasteiger partial charge in [0.05, 0.1) is 31.7 Å². The van der Waals surface area contributed by atoms with Crippen LogP contribution in [0.25, 0.3) is 10.2 Å². The number of nitrogens with zero attached hydrogens (tertiary/aromatic N) is 3. The third kappa shape index (κ3) is 5.34. The highest BCUT2D eigenvalue weighted by atomic mass is 35.5. The van der Waals surface area contributed by atoms with Crippen molar-refractivity contribution in [2.24, 2.45) is 4.99 Å². The van der Waals surface area contributed by atoms with Gasteiger partial charge in [-0.3, -0.25) is 4.79 Å². The molecule has 0 aliphatic carbocycles. The molecule has 2 aromatic carbocycles. The first-order chi connectivity index (χ1) is 15.7. The Morgan fingerprint density at radius 2 is 1.88 bits per heavy atom. The summed E-state index contributed by atoms with van der Waals surface area (Å²) in [6.07, 6.45) is 7.18. The van der Waals surface area contributed by atoms with E-state index in [9.17, 15) is 13.2 Å². The predicted molar refractivity (Wildman–Crippen MR) is 134 cm³/mol. The van der Waals surface area contributed by atoms with Crippen LogP contribution in [0.15, 0.2) is 46.3 Å². The van der Waals surface area contributed by atoms with Crippen LogP contribution in [0.1, 0.15) is 37.0 Å². The molecule has 0 radical (unpaired) electrons. The number of hydrogen-bond acceptors (Lipinski definition) is 4. The molecule has 0 atom stereocenters. The quantitative estimate of drug-likeness (QED) is 0.381. The van der Waals surface area contributed by atoms with Crippen LogP contribution in [0.5, 0.6) is 0 Å². The Hall–Kier alpha value is -2.15. The topological polar surface area (TPSA) is 71.7 Å². The van der Waals surface area contributed by atoms with Crippen molar-refractivity contribution in [3.8, 4) is 12.3 Å². The lowest BCUT2D eigenvalue weighted by Gasteiger charge is -2.20. The Balaban J connectivity index is 1.97. The van der Waals surface area contributed by atoms with E-state index in [1.54, 1.807) is 23.6 Å². The number of hydrogen-bond donors (Lipinski definition) is 0. The van der Waals surface area contributed by atoms with Gasteiger partial charge in [0.15, 0.2) is 4.80 Å². The second-order valence-corrected chi connectivity index (χ2v) is 10.9. The number of carbonyl (C=O) groups is 1. The Bertz CT molecular complexity index is 1390. The predicted octanol–water partition coefficient (Wildman–Crippen LogP) is 5.19. The maximum Gasteiger partial charge on any atom is 0.279 e. The fourth-order valence-corrected chi connectivity index (χ4v) is 6.28. The highest BCUT2D eigenvalue weighted by molar-refractivity contribution is 7.89. The zero-order valence-electron chi connectivity index (χ0n) is 18.2. The molecule has 33 heavy (non-hydrogen) atoms. The zero-order valence-corrected chi connectivity index (χ0v) is 21.4. The van der Waals surface area contributed by atoms with Crippen LogP contribution in [0.4, 0.5) is 0 Å². The van der Waals surface area contributed by atoms with Gasteiger partial charge in [-0.15, -0.1) is 6.42 Å². The number of rotatable bonds is 8. The van der Waals surface area contributed by atoms with E-state index in [4.69, 9.17) is 29.6 Å². The number of fused-ring (bicyclic) bond motifs is 1. The molecule has 1 heterocycles. The smallest absolute Gasteiger partial charge is 0.279 e. The molecule has 3 aromatic rings. The fourth-order valence-electron chi connectivity index (χ4n) is 3.28. The molecular formula is C23H23Cl2N3O3S2. The number of halogens is 2. The van der Waals surface area contributed by atoms with Gasteiger partial charge < -0.3 is 4.57 Å². The Morgan fingerprint density at radius 3 is 2.48 bits per heavy atom. The van der Waals surface area contributed by atoms with Crippen LogP contribution in [-0.2, 0) is 16.6 Å². The molecule has 6 nitrogen and oxygen atoms in total. The third-order valence-corrected chi connectivity index (χ3v) is 8.86. The van der Waals surface area contributed by atoms with Crippen LogP contribution in [-0.4, -0.2) is 36.3 Å². The molecule has 3 rings (SSSR count). The van der Waals surface area contributed by atoms with E-state index in [1.165, 1.54) is 39.9 Å². The zero-order chi connectivity index (χ0) is 24.2. The van der Waals surface area contributed by atoms with Crippen LogP contribution in [0.2, 0.25) is 10.0 Å². The highest BCUT2D eigenvalue weighted by Gasteiger charge is 2.23. The van der Waals surface area contributed by atoms with E-state index in [1.807, 2.05) is 6.92 Å². The minimum atomic E-state index is -3.62. The number of thiazole rings is 1. The van der Waals surface area contributed by atoms with Gasteiger partial charge in [0.2, 0.25) is 10.0 Å². The summed E-state index contributed by atoms with van der Waals surface area (Å²) < 4.78 is 29.7. The normalized spacial score (nSPS) is 12.4. The number of benzene rings is 2. The van der Waals surface area contributed by atoms with E-state index in [0.717, 1.165) is 17.5 Å². The van der Waals surface area contributed by atoms with Crippen molar-refractivity contribution in [3.63, 3.8) is 0 Å². The number of sulfonamides is 1. The largest absolute Gasteiger partial charge is 0.303 e. The molecule has 0 aliphatic rings. The third-order valence-electron chi connectivity index (χ3n) is 5.03. The van der Waals surface area contributed by atoms with E-state index in [2.05, 4.69) is 10.9 Å². The molecule has 0 N–H and O–H groups in total. The molecule has 0 fully saturated rings. The lowest BCUT2D eigenvalue weighted by molar-refractivity contribution is 0.0998. The van der Waals surface area contributed by atoms with Gasteiger partial charge in [0, 0.05) is 18.7 Å². The monoisotopic (exact) mass is 523 g/mol. The summed E-state index contributed by atoms with van der Waals surface area (Å²) in [4.78, 5) is 17.6. The molecule has 0 bridgehead atoms. The maximum absolute atomic E-state index is 12.9. The number of carbonyl (C=O) groups excluding carboxylic acids is 1. The molecule has 1 amide bonds. The second-order valence-electron chi connectivity index (χ2n) is 7.17. The van der Waals surface area contributed by atoms with Crippen LogP contribution < -0.4 is 4.80 Å². The standard InChI is InChI=1S/C23H23Cl2N3O3S2/c1-4-7-15-27(6-3)33(30,31)17-10-8-16(9-11-17)22(29)26-23-28(14-5-2)21-19(32-23)13-12-18(24)20(21)25/h2,8-13H,4,6-7,14-15H2,1,3H3. The number of aromatic nitrogens is 1. The first-order valence-corrected chi connectivity index (χ1v) is 13.4. The van der Waals surface area contributed by atoms with Crippen molar-refractivity contribution in [2.75, 3.05) is 13.1 Å². The summed E-state index contributed by atoms with van der Waals surface area (Å²) in [7, 11) is -3.62. The Labute approximate surface area is 207 Å². The SMILES string of the molecule is C#CCn1c(=NC(=O)c2ccc(S(=O)(=O)N(CC)CCCC)cc2)sc2ccc(Cl)c(Cl)c21. The lowest BCUT2D eigenvalue weighted by atomic mass is 10.2. The number of unbranched alkanes of at least 4 members (excludes halogenated alkanes) is 1. The van der Waals surface area contributed by atoms with Gasteiger partial charge in [0.1, 0.15) is 0 Å². The summed E-state index contributed by atoms with van der Waals surface area (Å²) in [5, 5.41) is 0.718. The highest BCUT2D eigenvalue weighted by Crippen LogP contribution is 2.32. The molecule has 174 valence electrons. The minimum Gasteiger partial charge on any atom is -0.303 e. The van der Waals surface area contributed by atoms with Crippen molar-refractivity contribution in [1.82, 2.24) is 8.87 Å². The average molecular weight is 524 g/mol. The van der Waals surface area contributed by atoms with E-state index in [0.29, 0.717) is 33.5 Å². The van der Waals surface area contributed by atoms with Gasteiger partial charge in [-0.1, -0.05) is 60.7 Å².